The van der Waals surface area contributed by atoms with Crippen LogP contribution in [-0.2, 0) is 0 Å². The standard InChI is InChI=1S/C27H23BrFN3S/c1-17(2)18-3-5-21(6-4-18)26-15-24(19-9-13-23(29)14-10-19)31-32(26)27-30-25(16-33-27)20-7-11-22(28)12-8-20/h3-14,16-17,26H,15H2,1-2H3/t26-/m1/s1. The van der Waals surface area contributed by atoms with Crippen LogP contribution < -0.4 is 5.01 Å². The normalized spacial score (nSPS) is 15.8. The lowest BCUT2D eigenvalue weighted by Gasteiger charge is -2.21. The van der Waals surface area contributed by atoms with E-state index in [0.717, 1.165) is 38.6 Å². The van der Waals surface area contributed by atoms with Gasteiger partial charge >= 0.3 is 0 Å². The Bertz CT molecular complexity index is 1280. The first-order valence-corrected chi connectivity index (χ1v) is 12.6. The Kier molecular flexibility index (Phi) is 6.13. The summed E-state index contributed by atoms with van der Waals surface area (Å²) < 4.78 is 14.5. The van der Waals surface area contributed by atoms with Crippen molar-refractivity contribution in [2.75, 3.05) is 5.01 Å². The molecule has 166 valence electrons. The monoisotopic (exact) mass is 519 g/mol. The van der Waals surface area contributed by atoms with E-state index in [-0.39, 0.29) is 11.9 Å². The lowest BCUT2D eigenvalue weighted by molar-refractivity contribution is 0.627. The third-order valence-corrected chi connectivity index (χ3v) is 7.26. The van der Waals surface area contributed by atoms with Crippen molar-refractivity contribution in [1.29, 1.82) is 0 Å². The predicted octanol–water partition coefficient (Wildman–Crippen LogP) is 8.19. The van der Waals surface area contributed by atoms with Crippen LogP contribution in [0.1, 0.15) is 48.9 Å². The van der Waals surface area contributed by atoms with Gasteiger partial charge in [0.25, 0.3) is 0 Å². The number of rotatable bonds is 5. The minimum atomic E-state index is -0.242. The number of thiazole rings is 1. The van der Waals surface area contributed by atoms with E-state index in [4.69, 9.17) is 10.1 Å². The van der Waals surface area contributed by atoms with Gasteiger partial charge in [0.05, 0.1) is 17.4 Å². The third-order valence-electron chi connectivity index (χ3n) is 5.90. The second-order valence-electron chi connectivity index (χ2n) is 8.46. The molecule has 0 amide bonds. The van der Waals surface area contributed by atoms with Crippen molar-refractivity contribution in [3.8, 4) is 11.3 Å². The van der Waals surface area contributed by atoms with Crippen molar-refractivity contribution in [3.05, 3.63) is 105 Å². The first-order valence-electron chi connectivity index (χ1n) is 10.9. The molecular weight excluding hydrogens is 497 g/mol. The van der Waals surface area contributed by atoms with Gasteiger partial charge in [0.15, 0.2) is 0 Å². The summed E-state index contributed by atoms with van der Waals surface area (Å²) in [7, 11) is 0. The SMILES string of the molecule is CC(C)c1ccc([C@H]2CC(c3ccc(F)cc3)=NN2c2nc(-c3ccc(Br)cc3)cs2)cc1. The van der Waals surface area contributed by atoms with Crippen LogP contribution in [0, 0.1) is 5.82 Å². The molecule has 6 heteroatoms. The van der Waals surface area contributed by atoms with E-state index in [1.54, 1.807) is 23.5 Å². The number of benzene rings is 3. The highest BCUT2D eigenvalue weighted by molar-refractivity contribution is 9.10. The Hall–Kier alpha value is -2.83. The summed E-state index contributed by atoms with van der Waals surface area (Å²) in [5.74, 6) is 0.242. The second kappa shape index (κ2) is 9.20. The lowest BCUT2D eigenvalue weighted by Crippen LogP contribution is -2.18. The Morgan fingerprint density at radius 2 is 1.61 bits per heavy atom. The Morgan fingerprint density at radius 3 is 2.27 bits per heavy atom. The van der Waals surface area contributed by atoms with Gasteiger partial charge in [0.2, 0.25) is 5.13 Å². The van der Waals surface area contributed by atoms with E-state index in [1.807, 2.05) is 17.1 Å². The molecule has 33 heavy (non-hydrogen) atoms. The van der Waals surface area contributed by atoms with E-state index in [1.165, 1.54) is 23.3 Å². The highest BCUT2D eigenvalue weighted by Gasteiger charge is 2.31. The van der Waals surface area contributed by atoms with E-state index in [0.29, 0.717) is 5.92 Å². The molecule has 3 aromatic carbocycles. The third kappa shape index (κ3) is 4.63. The number of anilines is 1. The summed E-state index contributed by atoms with van der Waals surface area (Å²) in [6.07, 6.45) is 0.736. The van der Waals surface area contributed by atoms with E-state index in [9.17, 15) is 4.39 Å². The number of hydrogen-bond acceptors (Lipinski definition) is 4. The van der Waals surface area contributed by atoms with Crippen molar-refractivity contribution < 1.29 is 4.39 Å². The number of nitrogens with zero attached hydrogens (tertiary/aromatic N) is 3. The highest BCUT2D eigenvalue weighted by Crippen LogP contribution is 2.39. The quantitative estimate of drug-likeness (QED) is 0.265. The lowest BCUT2D eigenvalue weighted by atomic mass is 9.95. The fourth-order valence-corrected chi connectivity index (χ4v) is 5.09. The maximum absolute atomic E-state index is 13.5. The van der Waals surface area contributed by atoms with Crippen molar-refractivity contribution in [2.24, 2.45) is 5.10 Å². The average molecular weight is 520 g/mol. The van der Waals surface area contributed by atoms with Crippen molar-refractivity contribution in [1.82, 2.24) is 4.98 Å². The largest absolute Gasteiger partial charge is 0.231 e. The number of hydrazone groups is 1. The van der Waals surface area contributed by atoms with Crippen LogP contribution in [0.2, 0.25) is 0 Å². The van der Waals surface area contributed by atoms with Gasteiger partial charge in [-0.05, 0) is 46.9 Å². The van der Waals surface area contributed by atoms with Crippen LogP contribution in [0.5, 0.6) is 0 Å². The van der Waals surface area contributed by atoms with E-state index in [2.05, 4.69) is 71.6 Å². The summed E-state index contributed by atoms with van der Waals surface area (Å²) in [4.78, 5) is 4.92. The molecule has 1 aliphatic rings. The first-order chi connectivity index (χ1) is 16.0. The Morgan fingerprint density at radius 1 is 0.939 bits per heavy atom. The second-order valence-corrected chi connectivity index (χ2v) is 10.2. The Balaban J connectivity index is 1.51. The van der Waals surface area contributed by atoms with Gasteiger partial charge in [0.1, 0.15) is 5.82 Å². The fraction of sp³-hybridized carbons (Fsp3) is 0.185. The Labute approximate surface area is 205 Å². The van der Waals surface area contributed by atoms with Crippen LogP contribution in [-0.4, -0.2) is 10.7 Å². The molecule has 0 saturated carbocycles. The van der Waals surface area contributed by atoms with Gasteiger partial charge < -0.3 is 0 Å². The van der Waals surface area contributed by atoms with Crippen LogP contribution in [0.4, 0.5) is 9.52 Å². The molecule has 0 unspecified atom stereocenters. The zero-order valence-corrected chi connectivity index (χ0v) is 20.8. The van der Waals surface area contributed by atoms with Crippen LogP contribution >= 0.6 is 27.3 Å². The van der Waals surface area contributed by atoms with Gasteiger partial charge in [-0.2, -0.15) is 5.10 Å². The van der Waals surface area contributed by atoms with Crippen LogP contribution in [0.3, 0.4) is 0 Å². The van der Waals surface area contributed by atoms with E-state index >= 15 is 0 Å². The van der Waals surface area contributed by atoms with Gasteiger partial charge in [-0.15, -0.1) is 11.3 Å². The van der Waals surface area contributed by atoms with Gasteiger partial charge in [-0.3, -0.25) is 0 Å². The molecule has 0 bridgehead atoms. The maximum atomic E-state index is 13.5. The molecule has 0 fully saturated rings. The zero-order chi connectivity index (χ0) is 22.9. The molecule has 0 radical (unpaired) electrons. The molecule has 0 saturated heterocycles. The highest BCUT2D eigenvalue weighted by atomic mass is 79.9. The van der Waals surface area contributed by atoms with Crippen LogP contribution in [0.25, 0.3) is 11.3 Å². The molecule has 4 aromatic rings. The summed E-state index contributed by atoms with van der Waals surface area (Å²) >= 11 is 5.08. The molecule has 0 N–H and O–H groups in total. The molecule has 0 aliphatic carbocycles. The smallest absolute Gasteiger partial charge is 0.207 e. The molecule has 1 aromatic heterocycles. The molecular formula is C27H23BrFN3S. The van der Waals surface area contributed by atoms with Gasteiger partial charge in [-0.1, -0.05) is 78.3 Å². The molecule has 5 rings (SSSR count). The van der Waals surface area contributed by atoms with Crippen LogP contribution in [0.15, 0.2) is 87.8 Å². The minimum Gasteiger partial charge on any atom is -0.231 e. The summed E-state index contributed by atoms with van der Waals surface area (Å²) in [5, 5.41) is 9.91. The van der Waals surface area contributed by atoms with Crippen molar-refractivity contribution in [3.63, 3.8) is 0 Å². The topological polar surface area (TPSA) is 28.5 Å². The summed E-state index contributed by atoms with van der Waals surface area (Å²) in [5.41, 5.74) is 6.39. The average Bonchev–Trinajstić information content (AvgIpc) is 3.48. The molecule has 1 aliphatic heterocycles. The van der Waals surface area contributed by atoms with Gasteiger partial charge in [-0.25, -0.2) is 14.4 Å². The first kappa shape index (κ1) is 22.0. The molecule has 3 nitrogen and oxygen atoms in total. The number of halogens is 2. The van der Waals surface area contributed by atoms with Crippen molar-refractivity contribution >= 4 is 38.1 Å². The predicted molar refractivity (Wildman–Crippen MR) is 139 cm³/mol. The summed E-state index contributed by atoms with van der Waals surface area (Å²) in [6.45, 7) is 4.40. The molecule has 2 heterocycles. The number of aromatic nitrogens is 1. The van der Waals surface area contributed by atoms with Gasteiger partial charge in [0, 0.05) is 21.8 Å². The van der Waals surface area contributed by atoms with E-state index < -0.39 is 0 Å². The summed E-state index contributed by atoms with van der Waals surface area (Å²) in [6, 6.07) is 23.6. The fourth-order valence-electron chi connectivity index (χ4n) is 3.99. The molecule has 1 atom stereocenters. The molecule has 0 spiro atoms. The minimum absolute atomic E-state index is 0.0372. The number of hydrogen-bond donors (Lipinski definition) is 0. The zero-order valence-electron chi connectivity index (χ0n) is 18.4. The van der Waals surface area contributed by atoms with Crippen molar-refractivity contribution in [2.45, 2.75) is 32.2 Å². The maximum Gasteiger partial charge on any atom is 0.207 e.